The van der Waals surface area contributed by atoms with Crippen LogP contribution in [0.15, 0.2) is 10.6 Å². The van der Waals surface area contributed by atoms with E-state index in [1.54, 1.807) is 6.07 Å². The summed E-state index contributed by atoms with van der Waals surface area (Å²) in [7, 11) is 4.11. The molecule has 1 unspecified atom stereocenters. The Labute approximate surface area is 121 Å². The van der Waals surface area contributed by atoms with Gasteiger partial charge in [0, 0.05) is 25.6 Å². The van der Waals surface area contributed by atoms with E-state index in [1.165, 1.54) is 0 Å². The molecule has 0 radical (unpaired) electrons. The lowest BCUT2D eigenvalue weighted by Crippen LogP contribution is -2.42. The summed E-state index contributed by atoms with van der Waals surface area (Å²) in [6.07, 6.45) is 2.92. The molecule has 0 spiro atoms. The van der Waals surface area contributed by atoms with Crippen molar-refractivity contribution in [1.29, 1.82) is 0 Å². The largest absolute Gasteiger partial charge is 0.361 e. The maximum atomic E-state index is 12.1. The molecule has 0 bridgehead atoms. The van der Waals surface area contributed by atoms with Gasteiger partial charge in [-0.25, -0.2) is 0 Å². The van der Waals surface area contributed by atoms with Gasteiger partial charge in [-0.3, -0.25) is 4.79 Å². The molecule has 0 aliphatic heterocycles. The van der Waals surface area contributed by atoms with Crippen LogP contribution in [0.5, 0.6) is 0 Å². The number of carbonyl (C=O) groups is 1. The van der Waals surface area contributed by atoms with E-state index in [2.05, 4.69) is 43.3 Å². The topological polar surface area (TPSA) is 58.4 Å². The van der Waals surface area contributed by atoms with Gasteiger partial charge in [0.25, 0.3) is 5.91 Å². The molecule has 0 saturated heterocycles. The van der Waals surface area contributed by atoms with Crippen molar-refractivity contribution in [1.82, 2.24) is 15.4 Å². The van der Waals surface area contributed by atoms with E-state index >= 15 is 0 Å². The summed E-state index contributed by atoms with van der Waals surface area (Å²) in [5.41, 5.74) is 0.441. The first kappa shape index (κ1) is 16.7. The second kappa shape index (κ2) is 7.43. The molecule has 5 heteroatoms. The van der Waals surface area contributed by atoms with E-state index < -0.39 is 0 Å². The normalized spacial score (nSPS) is 14.3. The zero-order chi connectivity index (χ0) is 15.2. The molecule has 20 heavy (non-hydrogen) atoms. The maximum absolute atomic E-state index is 12.1. The predicted molar refractivity (Wildman–Crippen MR) is 79.8 cm³/mol. The average molecular weight is 281 g/mol. The van der Waals surface area contributed by atoms with E-state index in [1.807, 2.05) is 6.92 Å². The Morgan fingerprint density at radius 2 is 2.15 bits per heavy atom. The minimum atomic E-state index is -0.158. The van der Waals surface area contributed by atoms with Crippen LogP contribution in [0.25, 0.3) is 0 Å². The van der Waals surface area contributed by atoms with Gasteiger partial charge in [0.15, 0.2) is 5.69 Å². The van der Waals surface area contributed by atoms with Crippen LogP contribution in [0.1, 0.15) is 49.9 Å². The lowest BCUT2D eigenvalue weighted by atomic mass is 9.85. The summed E-state index contributed by atoms with van der Waals surface area (Å²) in [4.78, 5) is 14.2. The Kier molecular flexibility index (Phi) is 6.20. The number of hydrogen-bond donors (Lipinski definition) is 1. The summed E-state index contributed by atoms with van der Waals surface area (Å²) < 4.78 is 5.06. The molecule has 1 heterocycles. The second-order valence-corrected chi connectivity index (χ2v) is 6.01. The fourth-order valence-corrected chi connectivity index (χ4v) is 2.56. The molecule has 0 fully saturated rings. The number of hydrogen-bond acceptors (Lipinski definition) is 4. The fraction of sp³-hybridized carbons (Fsp3) is 0.733. The standard InChI is InChI=1S/C15H27N3O2/c1-6-8-15(3,11-18(4)5)10-16-14(19)13-9-12(7-2)20-17-13/h9H,6-8,10-11H2,1-5H3,(H,16,19). The average Bonchev–Trinajstić information content (AvgIpc) is 2.84. The molecule has 1 rings (SSSR count). The van der Waals surface area contributed by atoms with Crippen molar-refractivity contribution in [2.75, 3.05) is 27.2 Å². The number of amides is 1. The third-order valence-electron chi connectivity index (χ3n) is 3.37. The highest BCUT2D eigenvalue weighted by molar-refractivity contribution is 5.92. The molecular formula is C15H27N3O2. The third-order valence-corrected chi connectivity index (χ3v) is 3.37. The van der Waals surface area contributed by atoms with Gasteiger partial charge in [-0.2, -0.15) is 0 Å². The second-order valence-electron chi connectivity index (χ2n) is 6.01. The van der Waals surface area contributed by atoms with Crippen LogP contribution in [-0.4, -0.2) is 43.1 Å². The van der Waals surface area contributed by atoms with Gasteiger partial charge in [0.1, 0.15) is 5.76 Å². The lowest BCUT2D eigenvalue weighted by Gasteiger charge is -2.32. The molecule has 1 N–H and O–H groups in total. The van der Waals surface area contributed by atoms with Crippen LogP contribution in [0.2, 0.25) is 0 Å². The predicted octanol–water partition coefficient (Wildman–Crippen LogP) is 2.33. The van der Waals surface area contributed by atoms with Crippen LogP contribution in [0.4, 0.5) is 0 Å². The van der Waals surface area contributed by atoms with Gasteiger partial charge in [0.05, 0.1) is 0 Å². The van der Waals surface area contributed by atoms with Crippen molar-refractivity contribution >= 4 is 5.91 Å². The van der Waals surface area contributed by atoms with Crippen molar-refractivity contribution in [2.24, 2.45) is 5.41 Å². The number of rotatable bonds is 8. The molecule has 1 atom stereocenters. The van der Waals surface area contributed by atoms with Crippen molar-refractivity contribution in [3.05, 3.63) is 17.5 Å². The van der Waals surface area contributed by atoms with Gasteiger partial charge >= 0.3 is 0 Å². The number of aromatic nitrogens is 1. The highest BCUT2D eigenvalue weighted by Gasteiger charge is 2.25. The van der Waals surface area contributed by atoms with Crippen molar-refractivity contribution in [3.8, 4) is 0 Å². The van der Waals surface area contributed by atoms with Crippen LogP contribution in [-0.2, 0) is 6.42 Å². The molecule has 0 aliphatic carbocycles. The number of nitrogens with one attached hydrogen (secondary N) is 1. The first-order chi connectivity index (χ1) is 9.40. The van der Waals surface area contributed by atoms with Gasteiger partial charge in [-0.1, -0.05) is 32.3 Å². The molecule has 0 aliphatic rings. The van der Waals surface area contributed by atoms with Crippen molar-refractivity contribution < 1.29 is 9.32 Å². The minimum absolute atomic E-state index is 0.0746. The van der Waals surface area contributed by atoms with Gasteiger partial charge in [0.2, 0.25) is 0 Å². The summed E-state index contributed by atoms with van der Waals surface area (Å²) in [5.74, 6) is 0.578. The summed E-state index contributed by atoms with van der Waals surface area (Å²) in [6, 6.07) is 1.71. The summed E-state index contributed by atoms with van der Waals surface area (Å²) >= 11 is 0. The molecule has 114 valence electrons. The molecule has 1 amide bonds. The Bertz CT molecular complexity index is 429. The van der Waals surface area contributed by atoms with Gasteiger partial charge in [-0.05, 0) is 25.9 Å². The van der Waals surface area contributed by atoms with E-state index in [9.17, 15) is 4.79 Å². The Balaban J connectivity index is 2.60. The zero-order valence-electron chi connectivity index (χ0n) is 13.3. The first-order valence-electron chi connectivity index (χ1n) is 7.28. The lowest BCUT2D eigenvalue weighted by molar-refractivity contribution is 0.0909. The van der Waals surface area contributed by atoms with E-state index in [4.69, 9.17) is 4.52 Å². The Morgan fingerprint density at radius 1 is 1.45 bits per heavy atom. The smallest absolute Gasteiger partial charge is 0.273 e. The highest BCUT2D eigenvalue weighted by Crippen LogP contribution is 2.23. The van der Waals surface area contributed by atoms with Gasteiger partial charge in [-0.15, -0.1) is 0 Å². The molecule has 1 aromatic heterocycles. The van der Waals surface area contributed by atoms with Crippen LogP contribution < -0.4 is 5.32 Å². The van der Waals surface area contributed by atoms with Gasteiger partial charge < -0.3 is 14.7 Å². The summed E-state index contributed by atoms with van der Waals surface area (Å²) in [5, 5.41) is 6.78. The van der Waals surface area contributed by atoms with Crippen molar-refractivity contribution in [2.45, 2.75) is 40.0 Å². The Hall–Kier alpha value is -1.36. The molecule has 0 saturated carbocycles. The molecule has 1 aromatic rings. The van der Waals surface area contributed by atoms with E-state index in [0.29, 0.717) is 12.2 Å². The quantitative estimate of drug-likeness (QED) is 0.794. The van der Waals surface area contributed by atoms with Crippen LogP contribution >= 0.6 is 0 Å². The number of carbonyl (C=O) groups excluding carboxylic acids is 1. The maximum Gasteiger partial charge on any atom is 0.273 e. The summed E-state index contributed by atoms with van der Waals surface area (Å²) in [6.45, 7) is 7.93. The number of nitrogens with zero attached hydrogens (tertiary/aromatic N) is 2. The zero-order valence-corrected chi connectivity index (χ0v) is 13.3. The van der Waals surface area contributed by atoms with Crippen LogP contribution in [0.3, 0.4) is 0 Å². The van der Waals surface area contributed by atoms with Crippen molar-refractivity contribution in [3.63, 3.8) is 0 Å². The van der Waals surface area contributed by atoms with Crippen LogP contribution in [0, 0.1) is 5.41 Å². The SMILES string of the molecule is CCCC(C)(CNC(=O)c1cc(CC)on1)CN(C)C. The first-order valence-corrected chi connectivity index (χ1v) is 7.28. The minimum Gasteiger partial charge on any atom is -0.361 e. The fourth-order valence-electron chi connectivity index (χ4n) is 2.56. The number of aryl methyl sites for hydroxylation is 1. The molecule has 5 nitrogen and oxygen atoms in total. The van der Waals surface area contributed by atoms with E-state index in [-0.39, 0.29) is 11.3 Å². The Morgan fingerprint density at radius 3 is 2.65 bits per heavy atom. The monoisotopic (exact) mass is 281 g/mol. The highest BCUT2D eigenvalue weighted by atomic mass is 16.5. The third kappa shape index (κ3) is 4.96. The molecular weight excluding hydrogens is 254 g/mol. The van der Waals surface area contributed by atoms with E-state index in [0.717, 1.165) is 31.6 Å². The molecule has 0 aromatic carbocycles.